The molecular weight excluding hydrogens is 311 g/mol. The van der Waals surface area contributed by atoms with Crippen molar-refractivity contribution in [3.8, 4) is 0 Å². The molecular formula is C16H10ClFO2S. The Morgan fingerprint density at radius 3 is 2.76 bits per heavy atom. The average molecular weight is 321 g/mol. The van der Waals surface area contributed by atoms with E-state index in [0.717, 1.165) is 5.39 Å². The van der Waals surface area contributed by atoms with Gasteiger partial charge in [0.15, 0.2) is 11.3 Å². The molecule has 0 spiro atoms. The SMILES string of the molecule is O=C(CSc1cccc(F)c1)c1cc2cccc(Cl)c2o1. The molecule has 1 aromatic heterocycles. The smallest absolute Gasteiger partial charge is 0.208 e. The molecule has 0 bridgehead atoms. The van der Waals surface area contributed by atoms with Crippen molar-refractivity contribution in [1.29, 1.82) is 0 Å². The van der Waals surface area contributed by atoms with Gasteiger partial charge >= 0.3 is 0 Å². The minimum Gasteiger partial charge on any atom is -0.451 e. The molecule has 106 valence electrons. The van der Waals surface area contributed by atoms with Gasteiger partial charge in [-0.1, -0.05) is 29.8 Å². The molecule has 0 saturated carbocycles. The molecule has 0 fully saturated rings. The minimum atomic E-state index is -0.317. The van der Waals surface area contributed by atoms with E-state index in [9.17, 15) is 9.18 Å². The standard InChI is InChI=1S/C16H10ClFO2S/c17-13-6-1-3-10-7-15(20-16(10)13)14(19)9-21-12-5-2-4-11(18)8-12/h1-8H,9H2. The lowest BCUT2D eigenvalue weighted by Crippen LogP contribution is -2.00. The van der Waals surface area contributed by atoms with Crippen molar-refractivity contribution >= 4 is 40.1 Å². The first-order valence-corrected chi connectivity index (χ1v) is 7.59. The van der Waals surface area contributed by atoms with Gasteiger partial charge in [0.05, 0.1) is 10.8 Å². The highest BCUT2D eigenvalue weighted by Gasteiger charge is 2.14. The van der Waals surface area contributed by atoms with Crippen LogP contribution in [-0.4, -0.2) is 11.5 Å². The summed E-state index contributed by atoms with van der Waals surface area (Å²) in [4.78, 5) is 12.8. The summed E-state index contributed by atoms with van der Waals surface area (Å²) in [5.74, 6) is -0.0255. The fraction of sp³-hybridized carbons (Fsp3) is 0.0625. The van der Waals surface area contributed by atoms with Crippen LogP contribution in [0.5, 0.6) is 0 Å². The molecule has 21 heavy (non-hydrogen) atoms. The van der Waals surface area contributed by atoms with Crippen LogP contribution < -0.4 is 0 Å². The number of carbonyl (C=O) groups excluding carboxylic acids is 1. The Balaban J connectivity index is 1.76. The Labute approximate surface area is 129 Å². The van der Waals surface area contributed by atoms with Gasteiger partial charge in [-0.15, -0.1) is 11.8 Å². The van der Waals surface area contributed by atoms with Gasteiger partial charge in [0.1, 0.15) is 5.82 Å². The molecule has 0 aliphatic rings. The van der Waals surface area contributed by atoms with Crippen molar-refractivity contribution in [2.24, 2.45) is 0 Å². The van der Waals surface area contributed by atoms with Crippen LogP contribution in [0.3, 0.4) is 0 Å². The first-order valence-electron chi connectivity index (χ1n) is 6.23. The lowest BCUT2D eigenvalue weighted by molar-refractivity contribution is 0.0994. The van der Waals surface area contributed by atoms with Crippen molar-refractivity contribution in [2.75, 3.05) is 5.75 Å². The third-order valence-corrected chi connectivity index (χ3v) is 4.23. The summed E-state index contributed by atoms with van der Waals surface area (Å²) >= 11 is 7.28. The van der Waals surface area contributed by atoms with Gasteiger partial charge in [-0.3, -0.25) is 4.79 Å². The predicted octanol–water partition coefficient (Wildman–Crippen LogP) is 5.20. The highest BCUT2D eigenvalue weighted by molar-refractivity contribution is 8.00. The van der Waals surface area contributed by atoms with Crippen molar-refractivity contribution in [1.82, 2.24) is 0 Å². The highest BCUT2D eigenvalue weighted by atomic mass is 35.5. The predicted molar refractivity (Wildman–Crippen MR) is 82.7 cm³/mol. The number of thioether (sulfide) groups is 1. The minimum absolute atomic E-state index is 0.156. The van der Waals surface area contributed by atoms with E-state index in [1.165, 1.54) is 23.9 Å². The fourth-order valence-electron chi connectivity index (χ4n) is 1.94. The molecule has 3 rings (SSSR count). The zero-order valence-electron chi connectivity index (χ0n) is 10.8. The highest BCUT2D eigenvalue weighted by Crippen LogP contribution is 2.28. The van der Waals surface area contributed by atoms with Crippen molar-refractivity contribution in [2.45, 2.75) is 4.90 Å². The number of benzene rings is 2. The molecule has 0 saturated heterocycles. The van der Waals surface area contributed by atoms with E-state index in [1.807, 2.05) is 6.07 Å². The molecule has 0 aliphatic carbocycles. The van der Waals surface area contributed by atoms with E-state index in [2.05, 4.69) is 0 Å². The molecule has 0 unspecified atom stereocenters. The summed E-state index contributed by atoms with van der Waals surface area (Å²) in [7, 11) is 0. The van der Waals surface area contributed by atoms with E-state index in [0.29, 0.717) is 15.5 Å². The Morgan fingerprint density at radius 1 is 1.19 bits per heavy atom. The number of Topliss-reactive ketones (excluding diaryl/α,β-unsaturated/α-hetero) is 1. The van der Waals surface area contributed by atoms with Crippen molar-refractivity contribution in [3.63, 3.8) is 0 Å². The molecule has 2 nitrogen and oxygen atoms in total. The summed E-state index contributed by atoms with van der Waals surface area (Å²) in [6.07, 6.45) is 0. The Morgan fingerprint density at radius 2 is 2.00 bits per heavy atom. The van der Waals surface area contributed by atoms with Gasteiger partial charge in [0.25, 0.3) is 0 Å². The Bertz CT molecular complexity index is 813. The Kier molecular flexibility index (Phi) is 3.99. The van der Waals surface area contributed by atoms with Crippen molar-refractivity contribution < 1.29 is 13.6 Å². The fourth-order valence-corrected chi connectivity index (χ4v) is 2.97. The van der Waals surface area contributed by atoms with Crippen molar-refractivity contribution in [3.05, 3.63) is 65.1 Å². The number of ketones is 1. The number of carbonyl (C=O) groups is 1. The van der Waals surface area contributed by atoms with E-state index >= 15 is 0 Å². The van der Waals surface area contributed by atoms with E-state index < -0.39 is 0 Å². The number of halogens is 2. The lowest BCUT2D eigenvalue weighted by Gasteiger charge is -1.99. The molecule has 1 heterocycles. The molecule has 0 aliphatic heterocycles. The van der Waals surface area contributed by atoms with Crippen LogP contribution in [-0.2, 0) is 0 Å². The number of hydrogen-bond acceptors (Lipinski definition) is 3. The number of furan rings is 1. The quantitative estimate of drug-likeness (QED) is 0.489. The lowest BCUT2D eigenvalue weighted by atomic mass is 10.2. The van der Waals surface area contributed by atoms with Gasteiger partial charge in [-0.25, -0.2) is 4.39 Å². The molecule has 0 atom stereocenters. The second-order valence-corrected chi connectivity index (χ2v) is 5.89. The van der Waals surface area contributed by atoms with Gasteiger partial charge in [0.2, 0.25) is 5.78 Å². The number of rotatable bonds is 4. The average Bonchev–Trinajstić information content (AvgIpc) is 2.90. The van der Waals surface area contributed by atoms with Crippen LogP contribution >= 0.6 is 23.4 Å². The van der Waals surface area contributed by atoms with Crippen LogP contribution in [0.4, 0.5) is 4.39 Å². The van der Waals surface area contributed by atoms with Crippen LogP contribution in [0.25, 0.3) is 11.0 Å². The summed E-state index contributed by atoms with van der Waals surface area (Å²) in [6.45, 7) is 0. The summed E-state index contributed by atoms with van der Waals surface area (Å²) in [5, 5.41) is 1.27. The van der Waals surface area contributed by atoms with Crippen LogP contribution in [0.1, 0.15) is 10.6 Å². The molecule has 0 N–H and O–H groups in total. The maximum Gasteiger partial charge on any atom is 0.208 e. The normalized spacial score (nSPS) is 11.0. The molecule has 0 radical (unpaired) electrons. The monoisotopic (exact) mass is 320 g/mol. The van der Waals surface area contributed by atoms with Crippen LogP contribution in [0.15, 0.2) is 57.8 Å². The second kappa shape index (κ2) is 5.92. The number of hydrogen-bond donors (Lipinski definition) is 0. The summed E-state index contributed by atoms with van der Waals surface area (Å²) < 4.78 is 18.6. The van der Waals surface area contributed by atoms with E-state index in [-0.39, 0.29) is 23.1 Å². The van der Waals surface area contributed by atoms with Gasteiger partial charge in [-0.05, 0) is 30.3 Å². The maximum atomic E-state index is 13.1. The van der Waals surface area contributed by atoms with Gasteiger partial charge in [-0.2, -0.15) is 0 Å². The zero-order chi connectivity index (χ0) is 14.8. The van der Waals surface area contributed by atoms with Gasteiger partial charge in [0, 0.05) is 10.3 Å². The van der Waals surface area contributed by atoms with Gasteiger partial charge < -0.3 is 4.42 Å². The third-order valence-electron chi connectivity index (χ3n) is 2.94. The second-order valence-electron chi connectivity index (χ2n) is 4.44. The van der Waals surface area contributed by atoms with E-state index in [1.54, 1.807) is 30.3 Å². The zero-order valence-corrected chi connectivity index (χ0v) is 12.4. The maximum absolute atomic E-state index is 13.1. The number of fused-ring (bicyclic) bond motifs is 1. The third kappa shape index (κ3) is 3.12. The Hall–Kier alpha value is -1.78. The molecule has 3 aromatic rings. The molecule has 0 amide bonds. The van der Waals surface area contributed by atoms with Crippen LogP contribution in [0.2, 0.25) is 5.02 Å². The largest absolute Gasteiger partial charge is 0.451 e. The van der Waals surface area contributed by atoms with Crippen LogP contribution in [0, 0.1) is 5.82 Å². The summed E-state index contributed by atoms with van der Waals surface area (Å²) in [6, 6.07) is 13.2. The first kappa shape index (κ1) is 14.2. The van der Waals surface area contributed by atoms with E-state index in [4.69, 9.17) is 16.0 Å². The molecule has 2 aromatic carbocycles. The number of para-hydroxylation sites is 1. The molecule has 5 heteroatoms. The summed E-state index contributed by atoms with van der Waals surface area (Å²) in [5.41, 5.74) is 0.512. The topological polar surface area (TPSA) is 30.2 Å². The first-order chi connectivity index (χ1) is 10.1.